The Hall–Kier alpha value is -3.22. The van der Waals surface area contributed by atoms with Crippen molar-refractivity contribution >= 4 is 23.5 Å². The lowest BCUT2D eigenvalue weighted by molar-refractivity contribution is -0.384. The molecule has 2 rings (SSSR count). The van der Waals surface area contributed by atoms with Crippen LogP contribution in [0.25, 0.3) is 17.4 Å². The number of benzene rings is 1. The van der Waals surface area contributed by atoms with Gasteiger partial charge in [0.15, 0.2) is 5.78 Å². The zero-order valence-electron chi connectivity index (χ0n) is 13.1. The molecule has 1 heterocycles. The number of nitro benzene ring substituents is 1. The Kier molecular flexibility index (Phi) is 5.26. The second-order valence-electron chi connectivity index (χ2n) is 4.81. The van der Waals surface area contributed by atoms with Gasteiger partial charge in [-0.1, -0.05) is 12.1 Å². The molecular formula is C17H15NO6. The fourth-order valence-electron chi connectivity index (χ4n) is 2.07. The Labute approximate surface area is 137 Å². The van der Waals surface area contributed by atoms with Crippen molar-refractivity contribution in [3.8, 4) is 11.3 Å². The van der Waals surface area contributed by atoms with Gasteiger partial charge in [-0.25, -0.2) is 4.79 Å². The van der Waals surface area contributed by atoms with Crippen molar-refractivity contribution in [1.29, 1.82) is 0 Å². The number of esters is 1. The van der Waals surface area contributed by atoms with Crippen LogP contribution < -0.4 is 0 Å². The van der Waals surface area contributed by atoms with E-state index in [1.165, 1.54) is 31.2 Å². The molecule has 0 saturated carbocycles. The molecule has 7 nitrogen and oxygen atoms in total. The maximum atomic E-state index is 11.8. The second-order valence-corrected chi connectivity index (χ2v) is 4.81. The first-order chi connectivity index (χ1) is 11.4. The van der Waals surface area contributed by atoms with Gasteiger partial charge in [0.2, 0.25) is 0 Å². The van der Waals surface area contributed by atoms with Crippen molar-refractivity contribution in [2.75, 3.05) is 6.61 Å². The number of furan rings is 1. The van der Waals surface area contributed by atoms with Gasteiger partial charge in [-0.05, 0) is 38.1 Å². The summed E-state index contributed by atoms with van der Waals surface area (Å²) in [5.41, 5.74) is 0.0579. The third-order valence-corrected chi connectivity index (χ3v) is 3.15. The maximum absolute atomic E-state index is 11.8. The molecule has 24 heavy (non-hydrogen) atoms. The number of nitrogens with zero attached hydrogens (tertiary/aromatic N) is 1. The first-order valence-electron chi connectivity index (χ1n) is 7.17. The van der Waals surface area contributed by atoms with Crippen LogP contribution in [0.4, 0.5) is 5.69 Å². The van der Waals surface area contributed by atoms with E-state index in [0.717, 1.165) is 0 Å². The van der Waals surface area contributed by atoms with Crippen molar-refractivity contribution in [3.63, 3.8) is 0 Å². The van der Waals surface area contributed by atoms with Gasteiger partial charge < -0.3 is 9.15 Å². The summed E-state index contributed by atoms with van der Waals surface area (Å²) in [5, 5.41) is 11.1. The van der Waals surface area contributed by atoms with Crippen LogP contribution in [0.3, 0.4) is 0 Å². The zero-order chi connectivity index (χ0) is 17.7. The summed E-state index contributed by atoms with van der Waals surface area (Å²) >= 11 is 0. The number of hydrogen-bond donors (Lipinski definition) is 0. The van der Waals surface area contributed by atoms with Crippen LogP contribution in [-0.4, -0.2) is 23.3 Å². The number of carbonyl (C=O) groups excluding carboxylic acids is 2. The Morgan fingerprint density at radius 3 is 2.58 bits per heavy atom. The third kappa shape index (κ3) is 3.75. The van der Waals surface area contributed by atoms with Crippen molar-refractivity contribution in [3.05, 3.63) is 57.8 Å². The molecule has 0 aliphatic rings. The van der Waals surface area contributed by atoms with Gasteiger partial charge >= 0.3 is 5.97 Å². The molecule has 0 unspecified atom stereocenters. The quantitative estimate of drug-likeness (QED) is 0.201. The van der Waals surface area contributed by atoms with Crippen LogP contribution in [-0.2, 0) is 14.3 Å². The zero-order valence-corrected chi connectivity index (χ0v) is 13.1. The maximum Gasteiger partial charge on any atom is 0.341 e. The Balaban J connectivity index is 2.40. The monoisotopic (exact) mass is 329 g/mol. The smallest absolute Gasteiger partial charge is 0.341 e. The number of ether oxygens (including phenoxy) is 1. The van der Waals surface area contributed by atoms with E-state index in [1.54, 1.807) is 25.1 Å². The first-order valence-corrected chi connectivity index (χ1v) is 7.17. The molecule has 0 amide bonds. The molecule has 0 spiro atoms. The lowest BCUT2D eigenvalue weighted by Crippen LogP contribution is -2.13. The predicted molar refractivity (Wildman–Crippen MR) is 86.1 cm³/mol. The lowest BCUT2D eigenvalue weighted by atomic mass is 10.1. The highest BCUT2D eigenvalue weighted by Crippen LogP contribution is 2.31. The molecule has 0 fully saturated rings. The fraction of sp³-hybridized carbons (Fsp3) is 0.176. The molecule has 7 heteroatoms. The topological polar surface area (TPSA) is 99.7 Å². The van der Waals surface area contributed by atoms with E-state index in [4.69, 9.17) is 9.15 Å². The van der Waals surface area contributed by atoms with Gasteiger partial charge in [-0.15, -0.1) is 0 Å². The van der Waals surface area contributed by atoms with Gasteiger partial charge in [0, 0.05) is 6.07 Å². The minimum Gasteiger partial charge on any atom is -0.462 e. The molecule has 0 atom stereocenters. The average Bonchev–Trinajstić information content (AvgIpc) is 3.01. The SMILES string of the molecule is CCOC(=O)/C(=C/c1ccc(-c2ccccc2[N+](=O)[O-])o1)C(C)=O. The van der Waals surface area contributed by atoms with E-state index in [9.17, 15) is 19.7 Å². The molecule has 0 radical (unpaired) electrons. The number of para-hydroxylation sites is 1. The van der Waals surface area contributed by atoms with Gasteiger partial charge in [0.25, 0.3) is 5.69 Å². The van der Waals surface area contributed by atoms with Gasteiger partial charge in [-0.2, -0.15) is 0 Å². The molecule has 1 aromatic carbocycles. The minimum atomic E-state index is -0.742. The minimum absolute atomic E-state index is 0.0976. The average molecular weight is 329 g/mol. The second kappa shape index (κ2) is 7.36. The normalized spacial score (nSPS) is 11.2. The Morgan fingerprint density at radius 1 is 1.25 bits per heavy atom. The Bertz CT molecular complexity index is 818. The molecular weight excluding hydrogens is 314 g/mol. The van der Waals surface area contributed by atoms with E-state index in [-0.39, 0.29) is 29.4 Å². The van der Waals surface area contributed by atoms with Crippen LogP contribution in [0.1, 0.15) is 19.6 Å². The molecule has 0 saturated heterocycles. The number of rotatable bonds is 6. The summed E-state index contributed by atoms with van der Waals surface area (Å²) in [4.78, 5) is 33.9. The fourth-order valence-corrected chi connectivity index (χ4v) is 2.07. The van der Waals surface area contributed by atoms with Crippen LogP contribution in [0.15, 0.2) is 46.4 Å². The highest BCUT2D eigenvalue weighted by atomic mass is 16.6. The summed E-state index contributed by atoms with van der Waals surface area (Å²) in [5.74, 6) is -0.715. The third-order valence-electron chi connectivity index (χ3n) is 3.15. The molecule has 0 aliphatic carbocycles. The molecule has 0 N–H and O–H groups in total. The van der Waals surface area contributed by atoms with E-state index in [0.29, 0.717) is 5.56 Å². The summed E-state index contributed by atoms with van der Waals surface area (Å²) in [7, 11) is 0. The summed E-state index contributed by atoms with van der Waals surface area (Å²) < 4.78 is 10.3. The van der Waals surface area contributed by atoms with Crippen LogP contribution in [0.2, 0.25) is 0 Å². The van der Waals surface area contributed by atoms with Crippen LogP contribution >= 0.6 is 0 Å². The van der Waals surface area contributed by atoms with Crippen molar-refractivity contribution in [2.24, 2.45) is 0 Å². The summed E-state index contributed by atoms with van der Waals surface area (Å²) in [6, 6.07) is 9.19. The van der Waals surface area contributed by atoms with Gasteiger partial charge in [0.1, 0.15) is 17.1 Å². The molecule has 0 aliphatic heterocycles. The van der Waals surface area contributed by atoms with Crippen molar-refractivity contribution in [1.82, 2.24) is 0 Å². The standard InChI is InChI=1S/C17H15NO6/c1-3-23-17(20)14(11(2)19)10-12-8-9-16(24-12)13-6-4-5-7-15(13)18(21)22/h4-10H,3H2,1-2H3/b14-10+. The molecule has 0 bridgehead atoms. The van der Waals surface area contributed by atoms with Crippen LogP contribution in [0, 0.1) is 10.1 Å². The number of nitro groups is 1. The molecule has 1 aromatic heterocycles. The van der Waals surface area contributed by atoms with Crippen molar-refractivity contribution in [2.45, 2.75) is 13.8 Å². The number of carbonyl (C=O) groups is 2. The van der Waals surface area contributed by atoms with Crippen LogP contribution in [0.5, 0.6) is 0 Å². The predicted octanol–water partition coefficient (Wildman–Crippen LogP) is 3.39. The molecule has 124 valence electrons. The lowest BCUT2D eigenvalue weighted by Gasteiger charge is -2.02. The highest BCUT2D eigenvalue weighted by molar-refractivity contribution is 6.19. The number of Topliss-reactive ketones (excluding diaryl/α,β-unsaturated/α-hetero) is 1. The number of ketones is 1. The highest BCUT2D eigenvalue weighted by Gasteiger charge is 2.19. The van der Waals surface area contributed by atoms with Crippen molar-refractivity contribution < 1.29 is 23.7 Å². The largest absolute Gasteiger partial charge is 0.462 e. The van der Waals surface area contributed by atoms with E-state index >= 15 is 0 Å². The van der Waals surface area contributed by atoms with Gasteiger partial charge in [0.05, 0.1) is 17.1 Å². The molecule has 2 aromatic rings. The summed E-state index contributed by atoms with van der Waals surface area (Å²) in [6.45, 7) is 3.02. The first kappa shape index (κ1) is 17.1. The van der Waals surface area contributed by atoms with Gasteiger partial charge in [-0.3, -0.25) is 14.9 Å². The number of hydrogen-bond acceptors (Lipinski definition) is 6. The Morgan fingerprint density at radius 2 is 1.96 bits per heavy atom. The van der Waals surface area contributed by atoms with E-state index in [1.807, 2.05) is 0 Å². The van der Waals surface area contributed by atoms with E-state index in [2.05, 4.69) is 0 Å². The summed E-state index contributed by atoms with van der Waals surface area (Å²) in [6.07, 6.45) is 1.26. The van der Waals surface area contributed by atoms with E-state index < -0.39 is 16.7 Å².